The molecule has 0 aliphatic rings. The van der Waals surface area contributed by atoms with Crippen molar-refractivity contribution in [2.24, 2.45) is 0 Å². The van der Waals surface area contributed by atoms with E-state index >= 15 is 0 Å². The molecule has 0 radical (unpaired) electrons. The van der Waals surface area contributed by atoms with Crippen molar-refractivity contribution in [1.82, 2.24) is 9.38 Å². The number of rotatable bonds is 5. The highest BCUT2D eigenvalue weighted by molar-refractivity contribution is 5.81. The summed E-state index contributed by atoms with van der Waals surface area (Å²) in [6, 6.07) is 32.1. The van der Waals surface area contributed by atoms with Crippen LogP contribution in [0.1, 0.15) is 11.1 Å². The number of imidazole rings is 1. The number of anilines is 1. The lowest BCUT2D eigenvalue weighted by atomic mass is 10.0. The Morgan fingerprint density at radius 3 is 2.26 bits per heavy atom. The smallest absolute Gasteiger partial charge is 0.139 e. The van der Waals surface area contributed by atoms with Crippen molar-refractivity contribution in [3.63, 3.8) is 0 Å². The van der Waals surface area contributed by atoms with Crippen LogP contribution in [0.25, 0.3) is 28.2 Å². The molecule has 0 atom stereocenters. The quantitative estimate of drug-likeness (QED) is 0.361. The first kappa shape index (κ1) is 18.9. The van der Waals surface area contributed by atoms with Gasteiger partial charge in [-0.2, -0.15) is 0 Å². The van der Waals surface area contributed by atoms with Crippen LogP contribution in [0.2, 0.25) is 0 Å². The third-order valence-electron chi connectivity index (χ3n) is 5.50. The first-order valence-corrected chi connectivity index (χ1v) is 10.4. The zero-order valence-electron chi connectivity index (χ0n) is 17.3. The maximum Gasteiger partial charge on any atom is 0.139 e. The number of aromatic hydroxyl groups is 1. The molecule has 5 rings (SSSR count). The molecule has 4 heteroatoms. The Balaban J connectivity index is 1.74. The normalized spacial score (nSPS) is 11.0. The van der Waals surface area contributed by atoms with E-state index in [9.17, 15) is 5.11 Å². The van der Waals surface area contributed by atoms with Gasteiger partial charge < -0.3 is 10.4 Å². The number of nitrogens with zero attached hydrogens (tertiary/aromatic N) is 2. The van der Waals surface area contributed by atoms with Gasteiger partial charge in [0.1, 0.15) is 22.9 Å². The summed E-state index contributed by atoms with van der Waals surface area (Å²) in [6.07, 6.45) is 0. The lowest BCUT2D eigenvalue weighted by Crippen LogP contribution is -2.05. The van der Waals surface area contributed by atoms with Crippen LogP contribution in [0.5, 0.6) is 5.75 Å². The fourth-order valence-corrected chi connectivity index (χ4v) is 4.02. The Labute approximate surface area is 181 Å². The lowest BCUT2D eigenvalue weighted by Gasteiger charge is -2.15. The van der Waals surface area contributed by atoms with E-state index in [1.54, 1.807) is 6.07 Å². The molecule has 2 N–H and O–H groups in total. The molecule has 4 nitrogen and oxygen atoms in total. The third-order valence-corrected chi connectivity index (χ3v) is 5.50. The molecule has 0 saturated carbocycles. The summed E-state index contributed by atoms with van der Waals surface area (Å²) in [7, 11) is 0. The van der Waals surface area contributed by atoms with E-state index in [4.69, 9.17) is 4.98 Å². The minimum absolute atomic E-state index is 0.261. The number of hydrogen-bond acceptors (Lipinski definition) is 3. The molecule has 0 saturated heterocycles. The van der Waals surface area contributed by atoms with Gasteiger partial charge in [0, 0.05) is 17.7 Å². The number of aryl methyl sites for hydroxylation is 1. The van der Waals surface area contributed by atoms with Crippen molar-refractivity contribution < 1.29 is 5.11 Å². The van der Waals surface area contributed by atoms with E-state index in [1.807, 2.05) is 73.7 Å². The molecule has 0 bridgehead atoms. The molecule has 0 unspecified atom stereocenters. The van der Waals surface area contributed by atoms with Crippen LogP contribution in [0, 0.1) is 6.92 Å². The summed E-state index contributed by atoms with van der Waals surface area (Å²) in [4.78, 5) is 4.96. The highest BCUT2D eigenvalue weighted by Gasteiger charge is 2.19. The number of phenols is 1. The highest BCUT2D eigenvalue weighted by Crippen LogP contribution is 2.37. The second kappa shape index (κ2) is 8.00. The molecule has 5 aromatic rings. The van der Waals surface area contributed by atoms with E-state index in [0.717, 1.165) is 39.5 Å². The van der Waals surface area contributed by atoms with Crippen LogP contribution in [0.15, 0.2) is 97.1 Å². The predicted octanol–water partition coefficient (Wildman–Crippen LogP) is 6.29. The van der Waals surface area contributed by atoms with Crippen LogP contribution >= 0.6 is 0 Å². The molecule has 152 valence electrons. The van der Waals surface area contributed by atoms with E-state index in [2.05, 4.69) is 34.0 Å². The Morgan fingerprint density at radius 1 is 0.806 bits per heavy atom. The molecular formula is C27H23N3O. The van der Waals surface area contributed by atoms with Crippen molar-refractivity contribution >= 4 is 11.5 Å². The van der Waals surface area contributed by atoms with Crippen molar-refractivity contribution in [3.8, 4) is 28.3 Å². The fourth-order valence-electron chi connectivity index (χ4n) is 4.02. The Hall–Kier alpha value is -4.05. The summed E-state index contributed by atoms with van der Waals surface area (Å²) < 4.78 is 2.10. The van der Waals surface area contributed by atoms with Crippen LogP contribution in [0.3, 0.4) is 0 Å². The van der Waals surface area contributed by atoms with Gasteiger partial charge in [0.25, 0.3) is 0 Å². The molecular weight excluding hydrogens is 382 g/mol. The maximum atomic E-state index is 10.7. The number of pyridine rings is 1. The highest BCUT2D eigenvalue weighted by atomic mass is 16.3. The first-order chi connectivity index (χ1) is 15.2. The molecule has 0 fully saturated rings. The van der Waals surface area contributed by atoms with Gasteiger partial charge in [-0.1, -0.05) is 78.9 Å². The zero-order valence-corrected chi connectivity index (χ0v) is 17.3. The average Bonchev–Trinajstić information content (AvgIpc) is 3.18. The summed E-state index contributed by atoms with van der Waals surface area (Å²) >= 11 is 0. The van der Waals surface area contributed by atoms with Crippen molar-refractivity contribution in [2.45, 2.75) is 13.5 Å². The van der Waals surface area contributed by atoms with Crippen molar-refractivity contribution in [2.75, 3.05) is 5.32 Å². The van der Waals surface area contributed by atoms with Crippen LogP contribution in [-0.2, 0) is 6.54 Å². The van der Waals surface area contributed by atoms with Gasteiger partial charge in [0.05, 0.1) is 5.69 Å². The van der Waals surface area contributed by atoms with Gasteiger partial charge in [0.15, 0.2) is 0 Å². The molecule has 0 aliphatic carbocycles. The SMILES string of the molecule is Cc1cccc(O)c1-c1cccc2nc(-c3ccccc3)c(NCc3ccccc3)n12. The number of nitrogens with one attached hydrogen (secondary N) is 1. The van der Waals surface area contributed by atoms with Gasteiger partial charge in [-0.15, -0.1) is 0 Å². The standard InChI is InChI=1S/C27H23N3O/c1-19-10-8-16-23(31)25(19)22-15-9-17-24-29-26(21-13-6-3-7-14-21)27(30(22)24)28-18-20-11-4-2-5-12-20/h2-17,28,31H,18H2,1H3. The van der Waals surface area contributed by atoms with E-state index in [-0.39, 0.29) is 5.75 Å². The van der Waals surface area contributed by atoms with Crippen molar-refractivity contribution in [3.05, 3.63) is 108 Å². The van der Waals surface area contributed by atoms with Crippen molar-refractivity contribution in [1.29, 1.82) is 0 Å². The molecule has 3 aromatic carbocycles. The van der Waals surface area contributed by atoms with Gasteiger partial charge >= 0.3 is 0 Å². The fraction of sp³-hybridized carbons (Fsp3) is 0.0741. The first-order valence-electron chi connectivity index (χ1n) is 10.4. The number of hydrogen-bond donors (Lipinski definition) is 2. The van der Waals surface area contributed by atoms with Crippen LogP contribution in [0.4, 0.5) is 5.82 Å². The third kappa shape index (κ3) is 3.53. The second-order valence-corrected chi connectivity index (χ2v) is 7.59. The maximum absolute atomic E-state index is 10.7. The summed E-state index contributed by atoms with van der Waals surface area (Å²) in [5, 5.41) is 14.3. The van der Waals surface area contributed by atoms with Gasteiger partial charge in [-0.05, 0) is 36.2 Å². The van der Waals surface area contributed by atoms with E-state index < -0.39 is 0 Å². The summed E-state index contributed by atoms with van der Waals surface area (Å²) in [6.45, 7) is 2.68. The van der Waals surface area contributed by atoms with Gasteiger partial charge in [-0.3, -0.25) is 4.40 Å². The molecule has 2 aromatic heterocycles. The monoisotopic (exact) mass is 405 g/mol. The number of fused-ring (bicyclic) bond motifs is 1. The van der Waals surface area contributed by atoms with Crippen LogP contribution in [-0.4, -0.2) is 14.5 Å². The Bertz CT molecular complexity index is 1320. The Kier molecular flexibility index (Phi) is 4.89. The van der Waals surface area contributed by atoms with Gasteiger partial charge in [-0.25, -0.2) is 4.98 Å². The van der Waals surface area contributed by atoms with Gasteiger partial charge in [0.2, 0.25) is 0 Å². The molecule has 31 heavy (non-hydrogen) atoms. The molecule has 2 heterocycles. The molecule has 0 aliphatic heterocycles. The number of phenolic OH excluding ortho intramolecular Hbond substituents is 1. The average molecular weight is 406 g/mol. The lowest BCUT2D eigenvalue weighted by molar-refractivity contribution is 0.476. The zero-order chi connectivity index (χ0) is 21.2. The summed E-state index contributed by atoms with van der Waals surface area (Å²) in [5.74, 6) is 1.17. The molecule has 0 spiro atoms. The minimum atomic E-state index is 0.261. The Morgan fingerprint density at radius 2 is 1.52 bits per heavy atom. The van der Waals surface area contributed by atoms with E-state index in [0.29, 0.717) is 6.54 Å². The predicted molar refractivity (Wildman–Crippen MR) is 126 cm³/mol. The number of benzene rings is 3. The minimum Gasteiger partial charge on any atom is -0.507 e. The topological polar surface area (TPSA) is 49.6 Å². The molecule has 0 amide bonds. The largest absolute Gasteiger partial charge is 0.507 e. The second-order valence-electron chi connectivity index (χ2n) is 7.59. The number of aromatic nitrogens is 2. The van der Waals surface area contributed by atoms with E-state index in [1.165, 1.54) is 5.56 Å². The summed E-state index contributed by atoms with van der Waals surface area (Å²) in [5.41, 5.74) is 6.67. The van der Waals surface area contributed by atoms with Crippen LogP contribution < -0.4 is 5.32 Å².